The molecule has 0 radical (unpaired) electrons. The molecule has 1 aromatic heterocycles. The molecule has 0 unspecified atom stereocenters. The van der Waals surface area contributed by atoms with Gasteiger partial charge < -0.3 is 39.6 Å². The lowest BCUT2D eigenvalue weighted by atomic mass is 9.94. The molecular weight excluding hydrogens is 813 g/mol. The van der Waals surface area contributed by atoms with Crippen LogP contribution in [0.15, 0.2) is 65.7 Å². The second-order valence-corrected chi connectivity index (χ2v) is 17.4. The maximum absolute atomic E-state index is 14.0. The Hall–Kier alpha value is -6.16. The predicted molar refractivity (Wildman–Crippen MR) is 235 cm³/mol. The van der Waals surface area contributed by atoms with E-state index >= 15 is 0 Å². The van der Waals surface area contributed by atoms with Gasteiger partial charge in [0.25, 0.3) is 0 Å². The molecule has 332 valence electrons. The number of hydrogen-bond acceptors (Lipinski definition) is 9. The molecule has 0 spiro atoms. The number of halogens is 2. The molecular formula is C47H53F2N7O7. The standard InChI is InChI=1S/C47H53F2N7O7/c1-24(2)39(53-46(59)61-5)43(57)55-17-7-8-37(55)42-51-35-16-12-30-20-28(10-14-32(30)41(35)52-42)27-9-13-31-29(19-27)11-15-34-33(31)21-36(50-34)38-18-26(23-63-45(48)49)22-56(38)44(58)40(25(3)4)54-47(60)62-6/h9-16,19-20,24-26,37-40,45H,7-8,17-18,21-23H2,1-6H3,(H,51,52)(H,53,59)(H,54,60)/t26-,37-,38-,39-,40-/m0/s1. The van der Waals surface area contributed by atoms with Gasteiger partial charge in [0.15, 0.2) is 0 Å². The van der Waals surface area contributed by atoms with Gasteiger partial charge in [-0.25, -0.2) is 14.6 Å². The van der Waals surface area contributed by atoms with Crippen LogP contribution in [0.5, 0.6) is 0 Å². The highest BCUT2D eigenvalue weighted by atomic mass is 19.3. The average Bonchev–Trinajstić information content (AvgIpc) is 4.10. The summed E-state index contributed by atoms with van der Waals surface area (Å²) >= 11 is 0. The lowest BCUT2D eigenvalue weighted by molar-refractivity contribution is -0.139. The molecule has 4 amide bonds. The number of likely N-dealkylation sites (tertiary alicyclic amines) is 2. The highest BCUT2D eigenvalue weighted by molar-refractivity contribution is 6.07. The summed E-state index contributed by atoms with van der Waals surface area (Å²) in [5, 5.41) is 9.41. The van der Waals surface area contributed by atoms with E-state index in [1.54, 1.807) is 4.90 Å². The summed E-state index contributed by atoms with van der Waals surface area (Å²) in [6.45, 7) is 5.07. The number of carbonyl (C=O) groups excluding carboxylic acids is 4. The fourth-order valence-electron chi connectivity index (χ4n) is 9.46. The van der Waals surface area contributed by atoms with Crippen LogP contribution in [0.1, 0.15) is 64.4 Å². The van der Waals surface area contributed by atoms with Gasteiger partial charge in [-0.1, -0.05) is 64.1 Å². The van der Waals surface area contributed by atoms with Gasteiger partial charge in [0.05, 0.1) is 49.6 Å². The molecule has 2 fully saturated rings. The number of alkyl carbamates (subject to hydrolysis) is 2. The number of aliphatic imine (C=N–C) groups is 1. The van der Waals surface area contributed by atoms with E-state index in [-0.39, 0.29) is 48.8 Å². The Kier molecular flexibility index (Phi) is 12.4. The van der Waals surface area contributed by atoms with Crippen molar-refractivity contribution in [2.45, 2.75) is 84.2 Å². The quantitative estimate of drug-likeness (QED) is 0.113. The number of H-pyrrole nitrogens is 1. The minimum Gasteiger partial charge on any atom is -0.453 e. The van der Waals surface area contributed by atoms with E-state index in [1.165, 1.54) is 14.2 Å². The molecule has 8 rings (SSSR count). The van der Waals surface area contributed by atoms with Crippen molar-refractivity contribution in [2.24, 2.45) is 22.7 Å². The Morgan fingerprint density at radius 1 is 0.810 bits per heavy atom. The van der Waals surface area contributed by atoms with E-state index < -0.39 is 36.9 Å². The van der Waals surface area contributed by atoms with E-state index in [0.29, 0.717) is 25.2 Å². The summed E-state index contributed by atoms with van der Waals surface area (Å²) in [5.74, 6) is -0.502. The molecule has 4 aromatic carbocycles. The summed E-state index contributed by atoms with van der Waals surface area (Å²) in [4.78, 5) is 69.0. The average molecular weight is 866 g/mol. The Labute approximate surface area is 363 Å². The zero-order valence-electron chi connectivity index (χ0n) is 36.2. The van der Waals surface area contributed by atoms with E-state index in [9.17, 15) is 28.0 Å². The normalized spacial score (nSPS) is 19.6. The van der Waals surface area contributed by atoms with Crippen molar-refractivity contribution in [1.82, 2.24) is 30.4 Å². The molecule has 5 atom stereocenters. The minimum atomic E-state index is -2.92. The van der Waals surface area contributed by atoms with Crippen molar-refractivity contribution < 1.29 is 42.2 Å². The van der Waals surface area contributed by atoms with Gasteiger partial charge in [0.2, 0.25) is 11.8 Å². The number of methoxy groups -OCH3 is 2. The van der Waals surface area contributed by atoms with Crippen LogP contribution in [0, 0.1) is 17.8 Å². The Bertz CT molecular complexity index is 2610. The van der Waals surface area contributed by atoms with Crippen LogP contribution < -0.4 is 10.6 Å². The summed E-state index contributed by atoms with van der Waals surface area (Å²) in [5.41, 5.74) is 6.34. The van der Waals surface area contributed by atoms with Crippen LogP contribution in [-0.4, -0.2) is 108 Å². The number of fused-ring (bicyclic) bond motifs is 6. The number of nitrogens with zero attached hydrogens (tertiary/aromatic N) is 4. The number of amides is 4. The van der Waals surface area contributed by atoms with Gasteiger partial charge in [-0.05, 0) is 88.2 Å². The molecule has 2 saturated heterocycles. The van der Waals surface area contributed by atoms with Crippen molar-refractivity contribution in [3.63, 3.8) is 0 Å². The summed E-state index contributed by atoms with van der Waals surface area (Å²) in [6.07, 6.45) is 1.09. The first-order valence-electron chi connectivity index (χ1n) is 21.5. The number of benzene rings is 4. The zero-order chi connectivity index (χ0) is 44.7. The number of imidazole rings is 1. The van der Waals surface area contributed by atoms with Crippen molar-refractivity contribution in [2.75, 3.05) is 33.9 Å². The first-order valence-corrected chi connectivity index (χ1v) is 21.5. The molecule has 0 aliphatic carbocycles. The van der Waals surface area contributed by atoms with Crippen molar-refractivity contribution >= 4 is 68.0 Å². The first-order chi connectivity index (χ1) is 30.2. The summed E-state index contributed by atoms with van der Waals surface area (Å²) in [7, 11) is 2.52. The van der Waals surface area contributed by atoms with Crippen LogP contribution >= 0.6 is 0 Å². The van der Waals surface area contributed by atoms with Crippen LogP contribution in [-0.2, 0) is 30.2 Å². The second-order valence-electron chi connectivity index (χ2n) is 17.4. The molecule has 0 saturated carbocycles. The first kappa shape index (κ1) is 43.5. The SMILES string of the molecule is COC(=O)N[C@H](C(=O)N1C[C@@H](COC(F)F)C[C@H]1C1=Nc2ccc3cc(-c4ccc5c(ccc6[nH]c([C@@H]7CCCN7C(=O)[C@@H](NC(=O)OC)C(C)C)nc65)c4)ccc3c2C1)C(C)C. The smallest absolute Gasteiger partial charge is 0.407 e. The lowest BCUT2D eigenvalue weighted by Gasteiger charge is -2.31. The van der Waals surface area contributed by atoms with Crippen LogP contribution in [0.3, 0.4) is 0 Å². The number of ether oxygens (including phenoxy) is 3. The van der Waals surface area contributed by atoms with Gasteiger partial charge in [0, 0.05) is 36.5 Å². The van der Waals surface area contributed by atoms with Crippen molar-refractivity contribution in [1.29, 1.82) is 0 Å². The molecule has 16 heteroatoms. The fraction of sp³-hybridized carbons (Fsp3) is 0.447. The molecule has 3 aliphatic heterocycles. The Morgan fingerprint density at radius 3 is 2.06 bits per heavy atom. The van der Waals surface area contributed by atoms with Gasteiger partial charge in [-0.3, -0.25) is 14.6 Å². The number of rotatable bonds is 12. The second kappa shape index (κ2) is 17.9. The van der Waals surface area contributed by atoms with Gasteiger partial charge in [-0.2, -0.15) is 8.78 Å². The largest absolute Gasteiger partial charge is 0.453 e. The number of aromatic amines is 1. The van der Waals surface area contributed by atoms with Gasteiger partial charge in [-0.15, -0.1) is 0 Å². The van der Waals surface area contributed by atoms with E-state index in [0.717, 1.165) is 73.5 Å². The third-order valence-electron chi connectivity index (χ3n) is 12.7. The zero-order valence-corrected chi connectivity index (χ0v) is 36.2. The number of alkyl halides is 2. The van der Waals surface area contributed by atoms with E-state index in [4.69, 9.17) is 19.5 Å². The molecule has 3 aliphatic rings. The molecule has 5 aromatic rings. The highest BCUT2D eigenvalue weighted by Crippen LogP contribution is 2.40. The van der Waals surface area contributed by atoms with Gasteiger partial charge in [0.1, 0.15) is 17.9 Å². The van der Waals surface area contributed by atoms with Crippen LogP contribution in [0.25, 0.3) is 43.7 Å². The predicted octanol–water partition coefficient (Wildman–Crippen LogP) is 8.05. The molecule has 0 bridgehead atoms. The number of hydrogen-bond donors (Lipinski definition) is 3. The van der Waals surface area contributed by atoms with E-state index in [2.05, 4.69) is 62.8 Å². The van der Waals surface area contributed by atoms with E-state index in [1.807, 2.05) is 50.8 Å². The van der Waals surface area contributed by atoms with Crippen LogP contribution in [0.2, 0.25) is 0 Å². The summed E-state index contributed by atoms with van der Waals surface area (Å²) in [6, 6.07) is 18.4. The minimum absolute atomic E-state index is 0.133. The number of aromatic nitrogens is 2. The molecule has 63 heavy (non-hydrogen) atoms. The highest BCUT2D eigenvalue weighted by Gasteiger charge is 2.43. The van der Waals surface area contributed by atoms with Crippen LogP contribution in [0.4, 0.5) is 24.1 Å². The van der Waals surface area contributed by atoms with Crippen molar-refractivity contribution in [3.8, 4) is 11.1 Å². The molecule has 4 heterocycles. The fourth-order valence-corrected chi connectivity index (χ4v) is 9.46. The monoisotopic (exact) mass is 865 g/mol. The third-order valence-corrected chi connectivity index (χ3v) is 12.7. The molecule has 14 nitrogen and oxygen atoms in total. The number of nitrogens with one attached hydrogen (secondary N) is 3. The number of carbonyl (C=O) groups is 4. The maximum Gasteiger partial charge on any atom is 0.407 e. The lowest BCUT2D eigenvalue weighted by Crippen LogP contribution is -2.53. The Balaban J connectivity index is 1.03. The van der Waals surface area contributed by atoms with Crippen molar-refractivity contribution in [3.05, 3.63) is 72.1 Å². The Morgan fingerprint density at radius 2 is 1.43 bits per heavy atom. The maximum atomic E-state index is 14.0. The topological polar surface area (TPSA) is 168 Å². The third kappa shape index (κ3) is 8.64. The molecule has 3 N–H and O–H groups in total. The van der Waals surface area contributed by atoms with Gasteiger partial charge >= 0.3 is 18.8 Å². The summed E-state index contributed by atoms with van der Waals surface area (Å²) < 4.78 is 40.4.